The maximum Gasteiger partial charge on any atom is 0.242 e. The van der Waals surface area contributed by atoms with E-state index < -0.39 is 11.5 Å². The molecule has 1 aliphatic carbocycles. The van der Waals surface area contributed by atoms with Crippen LogP contribution in [0.2, 0.25) is 5.02 Å². The highest BCUT2D eigenvalue weighted by molar-refractivity contribution is 6.30. The van der Waals surface area contributed by atoms with Gasteiger partial charge in [0.25, 0.3) is 0 Å². The number of rotatable bonds is 6. The van der Waals surface area contributed by atoms with Crippen molar-refractivity contribution < 1.29 is 14.0 Å². The molecular weight excluding hydrogens is 364 g/mol. The molecule has 0 aliphatic heterocycles. The Kier molecular flexibility index (Phi) is 6.22. The number of carbonyl (C=O) groups excluding carboxylic acids is 2. The maximum atomic E-state index is 13.2. The molecule has 0 spiro atoms. The molecule has 1 aliphatic rings. The summed E-state index contributed by atoms with van der Waals surface area (Å²) in [6.45, 7) is 2.00. The number of benzene rings is 1. The lowest BCUT2D eigenvalue weighted by Gasteiger charge is -2.37. The summed E-state index contributed by atoms with van der Waals surface area (Å²) in [7, 11) is 0. The molecule has 1 saturated carbocycles. The van der Waals surface area contributed by atoms with Gasteiger partial charge in [0.1, 0.15) is 11.8 Å². The molecule has 3 rings (SSSR count). The van der Waals surface area contributed by atoms with E-state index in [0.29, 0.717) is 17.3 Å². The molecule has 1 aromatic carbocycles. The van der Waals surface area contributed by atoms with Gasteiger partial charge in [0, 0.05) is 5.02 Å². The number of hydrogen-bond acceptors (Lipinski definition) is 3. The molecule has 2 aromatic rings. The van der Waals surface area contributed by atoms with Crippen molar-refractivity contribution in [3.8, 4) is 0 Å². The quantitative estimate of drug-likeness (QED) is 0.786. The molecule has 1 heterocycles. The Labute approximate surface area is 164 Å². The first kappa shape index (κ1) is 19.5. The molecular formula is C21H25ClN2O3. The van der Waals surface area contributed by atoms with E-state index in [-0.39, 0.29) is 11.8 Å². The summed E-state index contributed by atoms with van der Waals surface area (Å²) in [5.74, 6) is 0.325. The zero-order valence-electron chi connectivity index (χ0n) is 15.5. The van der Waals surface area contributed by atoms with Crippen LogP contribution >= 0.6 is 11.6 Å². The van der Waals surface area contributed by atoms with Gasteiger partial charge in [-0.3, -0.25) is 9.59 Å². The van der Waals surface area contributed by atoms with Gasteiger partial charge in [-0.05, 0) is 49.6 Å². The predicted molar refractivity (Wildman–Crippen MR) is 104 cm³/mol. The van der Waals surface area contributed by atoms with Crippen LogP contribution in [0.1, 0.15) is 50.4 Å². The van der Waals surface area contributed by atoms with Gasteiger partial charge in [0.2, 0.25) is 11.8 Å². The van der Waals surface area contributed by atoms with Crippen molar-refractivity contribution in [2.75, 3.05) is 0 Å². The normalized spacial score (nSPS) is 17.1. The standard InChI is InChI=1S/C21H25ClN2O3/c1-15(19(25)23-14-18-9-6-12-27-18)24-20(26)21(10-3-2-4-11-21)16-7-5-8-17(22)13-16/h5-9,12-13,15H,2-4,10-11,14H2,1H3,(H,23,25)(H,24,26). The van der Waals surface area contributed by atoms with Crippen LogP contribution in [-0.2, 0) is 21.5 Å². The number of amides is 2. The molecule has 2 N–H and O–H groups in total. The maximum absolute atomic E-state index is 13.2. The lowest BCUT2D eigenvalue weighted by Crippen LogP contribution is -2.52. The van der Waals surface area contributed by atoms with E-state index in [9.17, 15) is 9.59 Å². The number of carbonyl (C=O) groups is 2. The summed E-state index contributed by atoms with van der Waals surface area (Å²) in [4.78, 5) is 25.6. The van der Waals surface area contributed by atoms with E-state index in [0.717, 1.165) is 37.7 Å². The number of halogens is 1. The smallest absolute Gasteiger partial charge is 0.242 e. The van der Waals surface area contributed by atoms with Crippen molar-refractivity contribution in [2.45, 2.75) is 57.0 Å². The van der Waals surface area contributed by atoms with Gasteiger partial charge in [-0.25, -0.2) is 0 Å². The summed E-state index contributed by atoms with van der Waals surface area (Å²) in [6.07, 6.45) is 6.18. The summed E-state index contributed by atoms with van der Waals surface area (Å²) < 4.78 is 5.21. The topological polar surface area (TPSA) is 71.3 Å². The van der Waals surface area contributed by atoms with Gasteiger partial charge in [-0.15, -0.1) is 0 Å². The number of hydrogen-bond donors (Lipinski definition) is 2. The van der Waals surface area contributed by atoms with Crippen molar-refractivity contribution in [3.63, 3.8) is 0 Å². The third-order valence-electron chi connectivity index (χ3n) is 5.28. The molecule has 5 nitrogen and oxygen atoms in total. The molecule has 1 unspecified atom stereocenters. The Balaban J connectivity index is 1.69. The van der Waals surface area contributed by atoms with Crippen LogP contribution in [-0.4, -0.2) is 17.9 Å². The first-order valence-electron chi connectivity index (χ1n) is 9.38. The van der Waals surface area contributed by atoms with Crippen molar-refractivity contribution in [1.82, 2.24) is 10.6 Å². The minimum Gasteiger partial charge on any atom is -0.467 e. The first-order chi connectivity index (χ1) is 13.0. The number of nitrogens with one attached hydrogen (secondary N) is 2. The average molecular weight is 389 g/mol. The van der Waals surface area contributed by atoms with Crippen molar-refractivity contribution in [2.24, 2.45) is 0 Å². The van der Waals surface area contributed by atoms with Crippen LogP contribution in [0.4, 0.5) is 0 Å². The Morgan fingerprint density at radius 2 is 1.96 bits per heavy atom. The average Bonchev–Trinajstić information content (AvgIpc) is 3.20. The molecule has 27 heavy (non-hydrogen) atoms. The van der Waals surface area contributed by atoms with E-state index in [1.807, 2.05) is 24.3 Å². The van der Waals surface area contributed by atoms with Crippen LogP contribution in [0.5, 0.6) is 0 Å². The molecule has 1 atom stereocenters. The predicted octanol–water partition coefficient (Wildman–Crippen LogP) is 3.96. The van der Waals surface area contributed by atoms with Gasteiger partial charge in [0.05, 0.1) is 18.2 Å². The second kappa shape index (κ2) is 8.61. The second-order valence-electron chi connectivity index (χ2n) is 7.15. The molecule has 6 heteroatoms. The van der Waals surface area contributed by atoms with E-state index in [1.54, 1.807) is 25.3 Å². The third kappa shape index (κ3) is 4.53. The van der Waals surface area contributed by atoms with Gasteiger partial charge in [-0.2, -0.15) is 0 Å². The highest BCUT2D eigenvalue weighted by Gasteiger charge is 2.42. The second-order valence-corrected chi connectivity index (χ2v) is 7.58. The minimum atomic E-state index is -0.634. The van der Waals surface area contributed by atoms with Gasteiger partial charge >= 0.3 is 0 Å². The van der Waals surface area contributed by atoms with E-state index in [2.05, 4.69) is 10.6 Å². The molecule has 0 radical (unpaired) electrons. The molecule has 1 fully saturated rings. The lowest BCUT2D eigenvalue weighted by molar-refractivity contribution is -0.133. The molecule has 0 saturated heterocycles. The lowest BCUT2D eigenvalue weighted by atomic mass is 9.68. The van der Waals surface area contributed by atoms with Crippen molar-refractivity contribution in [1.29, 1.82) is 0 Å². The van der Waals surface area contributed by atoms with Crippen LogP contribution in [0.3, 0.4) is 0 Å². The van der Waals surface area contributed by atoms with E-state index >= 15 is 0 Å². The molecule has 0 bridgehead atoms. The zero-order chi connectivity index (χ0) is 19.3. The van der Waals surface area contributed by atoms with Crippen LogP contribution < -0.4 is 10.6 Å². The summed E-state index contributed by atoms with van der Waals surface area (Å²) in [5.41, 5.74) is 0.300. The van der Waals surface area contributed by atoms with Crippen LogP contribution in [0.15, 0.2) is 47.1 Å². The molecule has 1 aromatic heterocycles. The fourth-order valence-corrected chi connectivity index (χ4v) is 3.92. The fourth-order valence-electron chi connectivity index (χ4n) is 3.73. The van der Waals surface area contributed by atoms with Gasteiger partial charge in [0.15, 0.2) is 0 Å². The summed E-state index contributed by atoms with van der Waals surface area (Å²) >= 11 is 6.17. The van der Waals surface area contributed by atoms with Crippen LogP contribution in [0, 0.1) is 0 Å². The van der Waals surface area contributed by atoms with Crippen molar-refractivity contribution in [3.05, 3.63) is 59.0 Å². The van der Waals surface area contributed by atoms with E-state index in [1.165, 1.54) is 0 Å². The Hall–Kier alpha value is -2.27. The summed E-state index contributed by atoms with van der Waals surface area (Å²) in [6, 6.07) is 10.4. The van der Waals surface area contributed by atoms with Gasteiger partial charge < -0.3 is 15.1 Å². The van der Waals surface area contributed by atoms with Gasteiger partial charge in [-0.1, -0.05) is 43.0 Å². The monoisotopic (exact) mass is 388 g/mol. The summed E-state index contributed by atoms with van der Waals surface area (Å²) in [5, 5.41) is 6.32. The van der Waals surface area contributed by atoms with E-state index in [4.69, 9.17) is 16.0 Å². The van der Waals surface area contributed by atoms with Crippen LogP contribution in [0.25, 0.3) is 0 Å². The highest BCUT2D eigenvalue weighted by atomic mass is 35.5. The number of furan rings is 1. The zero-order valence-corrected chi connectivity index (χ0v) is 16.2. The largest absolute Gasteiger partial charge is 0.467 e. The SMILES string of the molecule is CC(NC(=O)C1(c2cccc(Cl)c2)CCCCC1)C(=O)NCc1ccco1. The Morgan fingerprint density at radius 3 is 2.63 bits per heavy atom. The third-order valence-corrected chi connectivity index (χ3v) is 5.51. The Morgan fingerprint density at radius 1 is 1.19 bits per heavy atom. The Bertz CT molecular complexity index is 782. The highest BCUT2D eigenvalue weighted by Crippen LogP contribution is 2.40. The first-order valence-corrected chi connectivity index (χ1v) is 9.76. The fraction of sp³-hybridized carbons (Fsp3) is 0.429. The van der Waals surface area contributed by atoms with Crippen molar-refractivity contribution >= 4 is 23.4 Å². The molecule has 144 valence electrons. The minimum absolute atomic E-state index is 0.106. The molecule has 2 amide bonds.